The number of carbonyl (C=O) groups excluding carboxylic acids is 1. The van der Waals surface area contributed by atoms with Crippen LogP contribution >= 0.6 is 7.82 Å². The van der Waals surface area contributed by atoms with Crippen LogP contribution in [0.3, 0.4) is 0 Å². The van der Waals surface area contributed by atoms with E-state index in [4.69, 9.17) is 20.3 Å². The lowest BCUT2D eigenvalue weighted by Crippen LogP contribution is -2.55. The first-order valence-electron chi connectivity index (χ1n) is 11.9. The highest BCUT2D eigenvalue weighted by atomic mass is 31.2. The van der Waals surface area contributed by atoms with E-state index >= 15 is 0 Å². The molecule has 3 unspecified atom stereocenters. The molecule has 0 saturated heterocycles. The predicted octanol–water partition coefficient (Wildman–Crippen LogP) is 4.56. The highest BCUT2D eigenvalue weighted by Gasteiger charge is 2.61. The third kappa shape index (κ3) is 4.32. The van der Waals surface area contributed by atoms with Gasteiger partial charge in [0.1, 0.15) is 18.4 Å². The highest BCUT2D eigenvalue weighted by molar-refractivity contribution is 7.46. The number of rotatable bonds is 5. The monoisotopic (exact) mass is 478 g/mol. The van der Waals surface area contributed by atoms with Crippen molar-refractivity contribution < 1.29 is 28.4 Å². The Morgan fingerprint density at radius 3 is 2.55 bits per heavy atom. The van der Waals surface area contributed by atoms with Gasteiger partial charge in [0.2, 0.25) is 0 Å². The standard InChI is InChI=1S/C25H37NO6P/c1-15-11-17(32-22(27)18(26)14-31-33(28,29)30)12-16-13-20-24(4)9-6-8-23(2,3)19(24)7-10-25(20,5)21(15)16/h11-12,14,18-20H,6-10,13,26H2,1-5H3,(H2,28,29,30)/t18?,19?,20-,24+,25?/m1/s1. The van der Waals surface area contributed by atoms with E-state index in [1.807, 2.05) is 12.1 Å². The van der Waals surface area contributed by atoms with E-state index in [1.54, 1.807) is 0 Å². The molecule has 4 rings (SSSR count). The number of carbonyl (C=O) groups is 1. The van der Waals surface area contributed by atoms with Gasteiger partial charge in [0.05, 0.1) is 0 Å². The van der Waals surface area contributed by atoms with Gasteiger partial charge in [-0.1, -0.05) is 34.1 Å². The Morgan fingerprint density at radius 1 is 1.18 bits per heavy atom. The summed E-state index contributed by atoms with van der Waals surface area (Å²) in [4.78, 5) is 29.9. The number of fused-ring (bicyclic) bond motifs is 5. The van der Waals surface area contributed by atoms with E-state index in [-0.39, 0.29) is 10.8 Å². The maximum absolute atomic E-state index is 12.4. The number of ether oxygens (including phenoxy) is 1. The average molecular weight is 479 g/mol. The van der Waals surface area contributed by atoms with Gasteiger partial charge < -0.3 is 20.3 Å². The molecule has 2 fully saturated rings. The van der Waals surface area contributed by atoms with Gasteiger partial charge in [-0.05, 0) is 95.9 Å². The number of phosphoric ester groups is 1. The van der Waals surface area contributed by atoms with E-state index in [9.17, 15) is 9.36 Å². The van der Waals surface area contributed by atoms with E-state index in [1.165, 1.54) is 43.2 Å². The van der Waals surface area contributed by atoms with Gasteiger partial charge in [-0.2, -0.15) is 0 Å². The number of aryl methyl sites for hydroxylation is 1. The summed E-state index contributed by atoms with van der Waals surface area (Å²) >= 11 is 0. The van der Waals surface area contributed by atoms with Crippen molar-refractivity contribution in [2.24, 2.45) is 28.4 Å². The van der Waals surface area contributed by atoms with Crippen molar-refractivity contribution >= 4 is 13.8 Å². The number of nitrogens with two attached hydrogens (primary N) is 1. The molecule has 0 aliphatic heterocycles. The molecule has 1 aromatic carbocycles. The molecule has 5 atom stereocenters. The average Bonchev–Trinajstić information content (AvgIpc) is 2.99. The van der Waals surface area contributed by atoms with Crippen molar-refractivity contribution in [3.05, 3.63) is 35.4 Å². The fraction of sp³-hybridized carbons (Fsp3) is 0.680. The molecule has 0 bridgehead atoms. The fourth-order valence-corrected chi connectivity index (χ4v) is 8.16. The summed E-state index contributed by atoms with van der Waals surface area (Å²) in [5, 5.41) is 0. The van der Waals surface area contributed by atoms with Crippen LogP contribution in [0, 0.1) is 36.2 Å². The predicted molar refractivity (Wildman–Crippen MR) is 125 cm³/mol. The third-order valence-electron chi connectivity index (χ3n) is 9.01. The van der Waals surface area contributed by atoms with Crippen molar-refractivity contribution in [1.29, 1.82) is 0 Å². The van der Waals surface area contributed by atoms with Gasteiger partial charge in [-0.3, -0.25) is 4.52 Å². The second-order valence-electron chi connectivity index (χ2n) is 11.6. The van der Waals surface area contributed by atoms with Crippen LogP contribution in [0.5, 0.6) is 5.75 Å². The minimum atomic E-state index is -4.75. The molecule has 183 valence electrons. The molecule has 1 radical (unpaired) electrons. The number of phosphoric acid groups is 1. The van der Waals surface area contributed by atoms with Crippen molar-refractivity contribution in [3.63, 3.8) is 0 Å². The van der Waals surface area contributed by atoms with Gasteiger partial charge in [0.15, 0.2) is 0 Å². The van der Waals surface area contributed by atoms with Crippen molar-refractivity contribution in [2.45, 2.75) is 84.6 Å². The zero-order chi connectivity index (χ0) is 24.4. The Balaban J connectivity index is 1.58. The van der Waals surface area contributed by atoms with Crippen LogP contribution in [0.1, 0.15) is 76.5 Å². The molecule has 4 N–H and O–H groups in total. The summed E-state index contributed by atoms with van der Waals surface area (Å²) in [5.74, 6) is 0.844. The molecule has 1 aromatic rings. The SMILES string of the molecule is Cc1cc(OC(=O)C(N)[CH]OP(=O)(O)O)cc2c1C1(C)CCC3C(C)(C)CCC[C@]3(C)[C@H]1C2. The maximum Gasteiger partial charge on any atom is 0.470 e. The first-order valence-corrected chi connectivity index (χ1v) is 13.4. The van der Waals surface area contributed by atoms with Crippen molar-refractivity contribution in [2.75, 3.05) is 0 Å². The van der Waals surface area contributed by atoms with Crippen LogP contribution in [0.25, 0.3) is 0 Å². The molecule has 0 aromatic heterocycles. The minimum Gasteiger partial charge on any atom is -0.425 e. The molecule has 8 heteroatoms. The van der Waals surface area contributed by atoms with E-state index < -0.39 is 19.8 Å². The second-order valence-corrected chi connectivity index (χ2v) is 12.8. The van der Waals surface area contributed by atoms with Gasteiger partial charge in [-0.15, -0.1) is 0 Å². The highest BCUT2D eigenvalue weighted by Crippen LogP contribution is 2.67. The first-order chi connectivity index (χ1) is 15.2. The molecular weight excluding hydrogens is 441 g/mol. The second kappa shape index (κ2) is 8.17. The molecule has 0 amide bonds. The fourth-order valence-electron chi connectivity index (χ4n) is 7.87. The lowest BCUT2D eigenvalue weighted by atomic mass is 9.43. The molecule has 0 spiro atoms. The number of hydrogen-bond acceptors (Lipinski definition) is 5. The Kier molecular flexibility index (Phi) is 6.15. The summed E-state index contributed by atoms with van der Waals surface area (Å²) in [6.45, 7) is 12.5. The first kappa shape index (κ1) is 24.9. The number of benzene rings is 1. The molecule has 33 heavy (non-hydrogen) atoms. The molecular formula is C25H37NO6P. The largest absolute Gasteiger partial charge is 0.470 e. The van der Waals surface area contributed by atoms with Gasteiger partial charge in [0.25, 0.3) is 0 Å². The van der Waals surface area contributed by atoms with Crippen molar-refractivity contribution in [1.82, 2.24) is 0 Å². The lowest BCUT2D eigenvalue weighted by molar-refractivity contribution is -0.135. The van der Waals surface area contributed by atoms with Gasteiger partial charge >= 0.3 is 13.8 Å². The third-order valence-corrected chi connectivity index (χ3v) is 9.41. The lowest BCUT2D eigenvalue weighted by Gasteiger charge is -2.61. The van der Waals surface area contributed by atoms with Crippen LogP contribution in [0.4, 0.5) is 0 Å². The van der Waals surface area contributed by atoms with Crippen LogP contribution in [-0.2, 0) is 25.7 Å². The normalized spacial score (nSPS) is 33.6. The summed E-state index contributed by atoms with van der Waals surface area (Å²) < 4.78 is 20.5. The van der Waals surface area contributed by atoms with Crippen LogP contribution in [-0.4, -0.2) is 21.8 Å². The molecule has 2 saturated carbocycles. The summed E-state index contributed by atoms with van der Waals surface area (Å²) in [6, 6.07) is 2.42. The molecule has 3 aliphatic rings. The summed E-state index contributed by atoms with van der Waals surface area (Å²) in [6.07, 6.45) is 7.23. The van der Waals surface area contributed by atoms with Crippen molar-refractivity contribution in [3.8, 4) is 5.75 Å². The Morgan fingerprint density at radius 2 is 1.88 bits per heavy atom. The minimum absolute atomic E-state index is 0.113. The topological polar surface area (TPSA) is 119 Å². The van der Waals surface area contributed by atoms with Gasteiger partial charge in [0, 0.05) is 0 Å². The molecule has 0 heterocycles. The van der Waals surface area contributed by atoms with E-state index in [2.05, 4.69) is 39.1 Å². The zero-order valence-corrected chi connectivity index (χ0v) is 21.2. The zero-order valence-electron chi connectivity index (χ0n) is 20.3. The summed E-state index contributed by atoms with van der Waals surface area (Å²) in [5.41, 5.74) is 10.2. The van der Waals surface area contributed by atoms with E-state index in [0.717, 1.165) is 12.0 Å². The van der Waals surface area contributed by atoms with E-state index in [0.29, 0.717) is 29.6 Å². The van der Waals surface area contributed by atoms with Crippen LogP contribution in [0.15, 0.2) is 12.1 Å². The quantitative estimate of drug-likeness (QED) is 0.323. The number of hydrogen-bond donors (Lipinski definition) is 3. The van der Waals surface area contributed by atoms with Gasteiger partial charge in [-0.25, -0.2) is 9.36 Å². The van der Waals surface area contributed by atoms with Crippen LogP contribution < -0.4 is 10.5 Å². The maximum atomic E-state index is 12.4. The van der Waals surface area contributed by atoms with Crippen LogP contribution in [0.2, 0.25) is 0 Å². The summed E-state index contributed by atoms with van der Waals surface area (Å²) in [7, 11) is -4.75. The molecule has 3 aliphatic carbocycles. The molecule has 7 nitrogen and oxygen atoms in total. The Hall–Kier alpha value is -1.24. The Labute approximate surface area is 196 Å². The number of esters is 1. The Bertz CT molecular complexity index is 1000. The smallest absolute Gasteiger partial charge is 0.425 e.